The van der Waals surface area contributed by atoms with Crippen molar-refractivity contribution in [3.05, 3.63) is 78.5 Å². The minimum Gasteiger partial charge on any atom is -0.507 e. The number of hydrogen-bond donors (Lipinski definition) is 1. The normalized spacial score (nSPS) is 15.0. The van der Waals surface area contributed by atoms with Gasteiger partial charge in [-0.3, -0.25) is 9.36 Å². The van der Waals surface area contributed by atoms with Crippen LogP contribution in [-0.4, -0.2) is 48.6 Å². The lowest BCUT2D eigenvalue weighted by atomic mass is 9.95. The molecular formula is C31H37N3O6S. The lowest BCUT2D eigenvalue weighted by Crippen LogP contribution is -2.40. The van der Waals surface area contributed by atoms with Crippen LogP contribution in [0.3, 0.4) is 0 Å². The Morgan fingerprint density at radius 1 is 1.15 bits per heavy atom. The molecule has 0 bridgehead atoms. The standard InChI is InChI=1S/C31H37N3O6S/c1-8-33(9-2)22-13-11-20(23(35)17-22)16-26-29(36)34-28(21-12-14-24(40-18(4)5)25(15-21)38-7)27(30(37)39-10-3)19(6)32-31(34)41-26/h11-18,28,35H,8-10H2,1-7H3/b26-16-/t28-/m0/s1. The lowest BCUT2D eigenvalue weighted by Gasteiger charge is -2.25. The summed E-state index contributed by atoms with van der Waals surface area (Å²) in [6, 6.07) is 9.99. The average Bonchev–Trinajstić information content (AvgIpc) is 3.24. The van der Waals surface area contributed by atoms with E-state index in [1.165, 1.54) is 15.9 Å². The minimum absolute atomic E-state index is 0.0674. The topological polar surface area (TPSA) is 103 Å². The Balaban J connectivity index is 1.90. The van der Waals surface area contributed by atoms with Crippen molar-refractivity contribution < 1.29 is 24.1 Å². The second-order valence-corrected chi connectivity index (χ2v) is 10.8. The first kappa shape index (κ1) is 29.9. The number of fused-ring (bicyclic) bond motifs is 1. The molecule has 1 aromatic heterocycles. The van der Waals surface area contributed by atoms with Crippen molar-refractivity contribution in [1.82, 2.24) is 4.57 Å². The summed E-state index contributed by atoms with van der Waals surface area (Å²) in [5.41, 5.74) is 2.47. The number of aromatic nitrogens is 1. The predicted molar refractivity (Wildman–Crippen MR) is 161 cm³/mol. The predicted octanol–water partition coefficient (Wildman–Crippen LogP) is 4.15. The van der Waals surface area contributed by atoms with E-state index < -0.39 is 12.0 Å². The van der Waals surface area contributed by atoms with Crippen LogP contribution in [0.25, 0.3) is 6.08 Å². The number of allylic oxidation sites excluding steroid dienone is 1. The molecule has 1 atom stereocenters. The second kappa shape index (κ2) is 12.6. The molecule has 10 heteroatoms. The highest BCUT2D eigenvalue weighted by atomic mass is 32.1. The highest BCUT2D eigenvalue weighted by Gasteiger charge is 2.34. The van der Waals surface area contributed by atoms with Crippen molar-refractivity contribution >= 4 is 29.1 Å². The number of anilines is 1. The van der Waals surface area contributed by atoms with Gasteiger partial charge in [-0.25, -0.2) is 9.79 Å². The summed E-state index contributed by atoms with van der Waals surface area (Å²) < 4.78 is 18.8. The summed E-state index contributed by atoms with van der Waals surface area (Å²) in [4.78, 5) is 34.3. The Hall–Kier alpha value is -4.05. The van der Waals surface area contributed by atoms with Crippen molar-refractivity contribution in [2.75, 3.05) is 31.7 Å². The number of nitrogens with zero attached hydrogens (tertiary/aromatic N) is 3. The van der Waals surface area contributed by atoms with E-state index in [-0.39, 0.29) is 29.6 Å². The molecule has 1 N–H and O–H groups in total. The molecule has 0 fully saturated rings. The largest absolute Gasteiger partial charge is 0.507 e. The third-order valence-corrected chi connectivity index (χ3v) is 7.80. The van der Waals surface area contributed by atoms with Crippen molar-refractivity contribution in [2.24, 2.45) is 4.99 Å². The molecule has 0 unspecified atom stereocenters. The van der Waals surface area contributed by atoms with Crippen LogP contribution in [0, 0.1) is 0 Å². The van der Waals surface area contributed by atoms with Gasteiger partial charge in [0.15, 0.2) is 16.3 Å². The van der Waals surface area contributed by atoms with Gasteiger partial charge in [0, 0.05) is 30.4 Å². The number of phenolic OH excluding ortho intramolecular Hbond substituents is 1. The lowest BCUT2D eigenvalue weighted by molar-refractivity contribution is -0.139. The molecule has 1 aliphatic rings. The molecule has 0 spiro atoms. The Kier molecular flexibility index (Phi) is 9.22. The second-order valence-electron chi connectivity index (χ2n) is 9.79. The molecule has 218 valence electrons. The van der Waals surface area contributed by atoms with Crippen LogP contribution >= 0.6 is 11.3 Å². The number of aromatic hydroxyl groups is 1. The molecule has 0 radical (unpaired) electrons. The fraction of sp³-hybridized carbons (Fsp3) is 0.387. The van der Waals surface area contributed by atoms with Crippen LogP contribution in [0.5, 0.6) is 17.2 Å². The molecule has 0 aliphatic carbocycles. The number of ether oxygens (including phenoxy) is 3. The highest BCUT2D eigenvalue weighted by molar-refractivity contribution is 7.07. The summed E-state index contributed by atoms with van der Waals surface area (Å²) in [5.74, 6) is 0.569. The van der Waals surface area contributed by atoms with E-state index in [0.29, 0.717) is 37.7 Å². The molecule has 4 rings (SSSR count). The summed E-state index contributed by atoms with van der Waals surface area (Å²) in [6.07, 6.45) is 1.59. The molecule has 41 heavy (non-hydrogen) atoms. The number of rotatable bonds is 10. The Morgan fingerprint density at radius 2 is 1.88 bits per heavy atom. The molecule has 0 amide bonds. The van der Waals surface area contributed by atoms with Crippen LogP contribution < -0.4 is 29.3 Å². The van der Waals surface area contributed by atoms with Gasteiger partial charge in [-0.05, 0) is 77.4 Å². The van der Waals surface area contributed by atoms with Crippen molar-refractivity contribution in [3.8, 4) is 17.2 Å². The average molecular weight is 580 g/mol. The SMILES string of the molecule is CCOC(=O)C1=C(C)N=c2s/c(=C\c3ccc(N(CC)CC)cc3O)c(=O)n2[C@H]1c1ccc(OC(C)C)c(OC)c1. The number of carbonyl (C=O) groups is 1. The van der Waals surface area contributed by atoms with E-state index in [1.54, 1.807) is 51.3 Å². The van der Waals surface area contributed by atoms with Gasteiger partial charge in [-0.15, -0.1) is 0 Å². The molecule has 1 aliphatic heterocycles. The fourth-order valence-corrected chi connectivity index (χ4v) is 5.93. The first-order chi connectivity index (χ1) is 19.6. The quantitative estimate of drug-likeness (QED) is 0.360. The first-order valence-electron chi connectivity index (χ1n) is 13.8. The molecule has 3 aromatic rings. The molecule has 0 saturated carbocycles. The number of methoxy groups -OCH3 is 1. The zero-order valence-corrected chi connectivity index (χ0v) is 25.4. The maximum atomic E-state index is 13.9. The molecule has 2 heterocycles. The Morgan fingerprint density at radius 3 is 2.49 bits per heavy atom. The van der Waals surface area contributed by atoms with Crippen molar-refractivity contribution in [2.45, 2.75) is 53.7 Å². The first-order valence-corrected chi connectivity index (χ1v) is 14.6. The summed E-state index contributed by atoms with van der Waals surface area (Å²) in [6.45, 7) is 13.2. The highest BCUT2D eigenvalue weighted by Crippen LogP contribution is 2.36. The van der Waals surface area contributed by atoms with Gasteiger partial charge in [-0.1, -0.05) is 17.4 Å². The van der Waals surface area contributed by atoms with E-state index in [9.17, 15) is 14.7 Å². The molecular weight excluding hydrogens is 542 g/mol. The smallest absolute Gasteiger partial charge is 0.338 e. The number of thiazole rings is 1. The molecule has 9 nitrogen and oxygen atoms in total. The number of carbonyl (C=O) groups excluding carboxylic acids is 1. The van der Waals surface area contributed by atoms with Gasteiger partial charge < -0.3 is 24.2 Å². The zero-order chi connectivity index (χ0) is 29.8. The van der Waals surface area contributed by atoms with E-state index in [4.69, 9.17) is 14.2 Å². The number of benzene rings is 2. The number of hydrogen-bond acceptors (Lipinski definition) is 9. The Bertz CT molecular complexity index is 1650. The third-order valence-electron chi connectivity index (χ3n) is 6.81. The van der Waals surface area contributed by atoms with Crippen LogP contribution in [-0.2, 0) is 9.53 Å². The van der Waals surface area contributed by atoms with E-state index in [2.05, 4.69) is 23.7 Å². The fourth-order valence-electron chi connectivity index (χ4n) is 4.89. The summed E-state index contributed by atoms with van der Waals surface area (Å²) in [7, 11) is 1.54. The van der Waals surface area contributed by atoms with Crippen molar-refractivity contribution in [3.63, 3.8) is 0 Å². The van der Waals surface area contributed by atoms with Crippen LogP contribution in [0.15, 0.2) is 57.5 Å². The number of esters is 1. The zero-order valence-electron chi connectivity index (χ0n) is 24.6. The van der Waals surface area contributed by atoms with Crippen LogP contribution in [0.4, 0.5) is 5.69 Å². The van der Waals surface area contributed by atoms with Crippen LogP contribution in [0.2, 0.25) is 0 Å². The maximum Gasteiger partial charge on any atom is 0.338 e. The van der Waals surface area contributed by atoms with Gasteiger partial charge in [0.2, 0.25) is 0 Å². The maximum absolute atomic E-state index is 13.9. The summed E-state index contributed by atoms with van der Waals surface area (Å²) in [5, 5.41) is 10.8. The minimum atomic E-state index is -0.798. The molecule has 2 aromatic carbocycles. The van der Waals surface area contributed by atoms with Gasteiger partial charge >= 0.3 is 5.97 Å². The molecule has 0 saturated heterocycles. The van der Waals surface area contributed by atoms with Gasteiger partial charge in [0.25, 0.3) is 5.56 Å². The monoisotopic (exact) mass is 579 g/mol. The van der Waals surface area contributed by atoms with Gasteiger partial charge in [0.1, 0.15) is 5.75 Å². The van der Waals surface area contributed by atoms with Crippen molar-refractivity contribution in [1.29, 1.82) is 0 Å². The van der Waals surface area contributed by atoms with E-state index in [1.807, 2.05) is 26.0 Å². The van der Waals surface area contributed by atoms with Gasteiger partial charge in [-0.2, -0.15) is 0 Å². The van der Waals surface area contributed by atoms with Crippen LogP contribution in [0.1, 0.15) is 58.7 Å². The van der Waals surface area contributed by atoms with E-state index in [0.717, 1.165) is 18.8 Å². The summed E-state index contributed by atoms with van der Waals surface area (Å²) >= 11 is 1.20. The Labute approximate surface area is 243 Å². The van der Waals surface area contributed by atoms with E-state index >= 15 is 0 Å². The number of phenols is 1. The third kappa shape index (κ3) is 6.02. The van der Waals surface area contributed by atoms with Gasteiger partial charge in [0.05, 0.1) is 41.7 Å².